The second kappa shape index (κ2) is 5.82. The van der Waals surface area contributed by atoms with Gasteiger partial charge in [0, 0.05) is 8.04 Å². The van der Waals surface area contributed by atoms with E-state index in [2.05, 4.69) is 93.5 Å². The summed E-state index contributed by atoms with van der Waals surface area (Å²) in [6.45, 7) is 0. The fraction of sp³-hybridized carbons (Fsp3) is 0.0714. The average molecular weight is 386 g/mol. The van der Waals surface area contributed by atoms with Crippen molar-refractivity contribution in [2.45, 2.75) is 6.42 Å². The monoisotopic (exact) mass is 385 g/mol. The van der Waals surface area contributed by atoms with E-state index in [0.717, 1.165) is 10.9 Å². The largest absolute Gasteiger partial charge is 0.0619 e. The van der Waals surface area contributed by atoms with Crippen LogP contribution in [0.5, 0.6) is 0 Å². The minimum Gasteiger partial charge on any atom is -0.0619 e. The molecule has 0 bridgehead atoms. The summed E-state index contributed by atoms with van der Waals surface area (Å²) in [6.07, 6.45) is 3.24. The molecule has 2 aromatic carbocycles. The van der Waals surface area contributed by atoms with Crippen molar-refractivity contribution >= 4 is 38.5 Å². The van der Waals surface area contributed by atoms with Crippen molar-refractivity contribution in [3.05, 3.63) is 74.1 Å². The van der Waals surface area contributed by atoms with Gasteiger partial charge in [0.05, 0.1) is 0 Å². The van der Waals surface area contributed by atoms with Gasteiger partial charge in [0.2, 0.25) is 0 Å². The number of hydrogen-bond acceptors (Lipinski definition) is 0. The van der Waals surface area contributed by atoms with Crippen LogP contribution in [-0.4, -0.2) is 0 Å². The molecule has 0 fully saturated rings. The van der Waals surface area contributed by atoms with E-state index in [-0.39, 0.29) is 0 Å². The second-order valence-corrected chi connectivity index (χ2v) is 5.63. The zero-order chi connectivity index (χ0) is 11.4. The number of rotatable bonds is 3. The Morgan fingerprint density at radius 2 is 1.69 bits per heavy atom. The van der Waals surface area contributed by atoms with Crippen molar-refractivity contribution in [1.29, 1.82) is 0 Å². The van der Waals surface area contributed by atoms with Gasteiger partial charge in [0.15, 0.2) is 0 Å². The summed E-state index contributed by atoms with van der Waals surface area (Å²) in [5, 5.41) is 0. The molecular formula is C14H11BrI. The Balaban J connectivity index is 2.02. The van der Waals surface area contributed by atoms with Crippen molar-refractivity contribution in [1.82, 2.24) is 0 Å². The van der Waals surface area contributed by atoms with Gasteiger partial charge in [-0.1, -0.05) is 46.3 Å². The lowest BCUT2D eigenvalue weighted by atomic mass is 10.0. The summed E-state index contributed by atoms with van der Waals surface area (Å²) in [5.41, 5.74) is 2.65. The highest BCUT2D eigenvalue weighted by atomic mass is 127. The molecule has 0 spiro atoms. The quantitative estimate of drug-likeness (QED) is 0.662. The van der Waals surface area contributed by atoms with E-state index in [0.29, 0.717) is 0 Å². The molecule has 0 N–H and O–H groups in total. The van der Waals surface area contributed by atoms with Crippen LogP contribution in [0, 0.1) is 9.99 Å². The molecule has 0 aromatic heterocycles. The predicted molar refractivity (Wildman–Crippen MR) is 80.4 cm³/mol. The third-order valence-corrected chi connectivity index (χ3v) is 3.97. The lowest BCUT2D eigenvalue weighted by Crippen LogP contribution is -1.91. The van der Waals surface area contributed by atoms with E-state index in [4.69, 9.17) is 0 Å². The highest BCUT2D eigenvalue weighted by Gasteiger charge is 1.99. The summed E-state index contributed by atoms with van der Waals surface area (Å²) in [4.78, 5) is 0. The second-order valence-electron chi connectivity index (χ2n) is 3.55. The molecule has 2 rings (SSSR count). The molecular weight excluding hydrogens is 375 g/mol. The van der Waals surface area contributed by atoms with Crippen LogP contribution in [0.15, 0.2) is 53.0 Å². The smallest absolute Gasteiger partial charge is 0.0175 e. The van der Waals surface area contributed by atoms with Crippen molar-refractivity contribution < 1.29 is 0 Å². The Hall–Kier alpha value is -0.350. The van der Waals surface area contributed by atoms with Gasteiger partial charge in [-0.3, -0.25) is 0 Å². The van der Waals surface area contributed by atoms with E-state index in [1.165, 1.54) is 14.7 Å². The Bertz CT molecular complexity index is 462. The topological polar surface area (TPSA) is 0 Å². The van der Waals surface area contributed by atoms with Gasteiger partial charge in [-0.2, -0.15) is 0 Å². The minimum atomic E-state index is 0.987. The number of benzene rings is 2. The van der Waals surface area contributed by atoms with Crippen LogP contribution in [0.3, 0.4) is 0 Å². The molecule has 0 aliphatic carbocycles. The lowest BCUT2D eigenvalue weighted by Gasteiger charge is -2.04. The standard InChI is InChI=1S/C14H11BrI/c15-13-9-6-11(7-10-13)5-8-12-3-1-2-4-14(12)16/h1-7,9-10H,8H2. The molecule has 0 aliphatic rings. The molecule has 0 saturated carbocycles. The Labute approximate surface area is 118 Å². The molecule has 0 atom stereocenters. The zero-order valence-electron chi connectivity index (χ0n) is 8.66. The van der Waals surface area contributed by atoms with Gasteiger partial charge in [-0.25, -0.2) is 0 Å². The molecule has 0 aliphatic heterocycles. The maximum atomic E-state index is 3.44. The summed E-state index contributed by atoms with van der Waals surface area (Å²) >= 11 is 5.82. The highest BCUT2D eigenvalue weighted by Crippen LogP contribution is 2.17. The van der Waals surface area contributed by atoms with Crippen molar-refractivity contribution in [2.24, 2.45) is 0 Å². The summed E-state index contributed by atoms with van der Waals surface area (Å²) in [6, 6.07) is 16.9. The molecule has 0 unspecified atom stereocenters. The van der Waals surface area contributed by atoms with Gasteiger partial charge in [-0.05, 0) is 64.8 Å². The summed E-state index contributed by atoms with van der Waals surface area (Å²) in [5.74, 6) is 0. The van der Waals surface area contributed by atoms with Gasteiger partial charge < -0.3 is 0 Å². The van der Waals surface area contributed by atoms with Gasteiger partial charge >= 0.3 is 0 Å². The molecule has 16 heavy (non-hydrogen) atoms. The summed E-state index contributed by atoms with van der Waals surface area (Å²) < 4.78 is 2.45. The Morgan fingerprint density at radius 3 is 2.38 bits per heavy atom. The van der Waals surface area contributed by atoms with Gasteiger partial charge in [0.1, 0.15) is 0 Å². The number of hydrogen-bond donors (Lipinski definition) is 0. The lowest BCUT2D eigenvalue weighted by molar-refractivity contribution is 1.15. The predicted octanol–water partition coefficient (Wildman–Crippen LogP) is 4.85. The fourth-order valence-electron chi connectivity index (χ4n) is 1.49. The molecule has 0 nitrogen and oxygen atoms in total. The van der Waals surface area contributed by atoms with Gasteiger partial charge in [-0.15, -0.1) is 0 Å². The molecule has 0 heterocycles. The maximum absolute atomic E-state index is 3.44. The SMILES string of the molecule is Brc1ccc([CH]Cc2ccccc2I)cc1. The van der Waals surface area contributed by atoms with Crippen LogP contribution in [-0.2, 0) is 6.42 Å². The van der Waals surface area contributed by atoms with E-state index >= 15 is 0 Å². The molecule has 2 heteroatoms. The van der Waals surface area contributed by atoms with Crippen molar-refractivity contribution in [3.63, 3.8) is 0 Å². The highest BCUT2D eigenvalue weighted by molar-refractivity contribution is 14.1. The van der Waals surface area contributed by atoms with E-state index in [1.807, 2.05) is 0 Å². The van der Waals surface area contributed by atoms with Crippen LogP contribution >= 0.6 is 38.5 Å². The first-order valence-corrected chi connectivity index (χ1v) is 6.95. The zero-order valence-corrected chi connectivity index (χ0v) is 12.4. The molecule has 0 saturated heterocycles. The first-order valence-electron chi connectivity index (χ1n) is 5.08. The minimum absolute atomic E-state index is 0.987. The molecule has 81 valence electrons. The summed E-state index contributed by atoms with van der Waals surface area (Å²) in [7, 11) is 0. The first-order chi connectivity index (χ1) is 7.75. The van der Waals surface area contributed by atoms with E-state index in [1.54, 1.807) is 0 Å². The van der Waals surface area contributed by atoms with Crippen LogP contribution < -0.4 is 0 Å². The van der Waals surface area contributed by atoms with Crippen LogP contribution in [0.1, 0.15) is 11.1 Å². The molecule has 0 amide bonds. The van der Waals surface area contributed by atoms with Crippen LogP contribution in [0.4, 0.5) is 0 Å². The van der Waals surface area contributed by atoms with Gasteiger partial charge in [0.25, 0.3) is 0 Å². The maximum Gasteiger partial charge on any atom is 0.0175 e. The third kappa shape index (κ3) is 3.32. The average Bonchev–Trinajstić information content (AvgIpc) is 2.30. The van der Waals surface area contributed by atoms with Crippen LogP contribution in [0.25, 0.3) is 0 Å². The normalized spacial score (nSPS) is 10.4. The van der Waals surface area contributed by atoms with Crippen molar-refractivity contribution in [3.8, 4) is 0 Å². The van der Waals surface area contributed by atoms with Crippen molar-refractivity contribution in [2.75, 3.05) is 0 Å². The molecule has 1 radical (unpaired) electrons. The first kappa shape index (κ1) is 12.1. The Kier molecular flexibility index (Phi) is 4.41. The molecule has 2 aromatic rings. The van der Waals surface area contributed by atoms with E-state index < -0.39 is 0 Å². The van der Waals surface area contributed by atoms with E-state index in [9.17, 15) is 0 Å². The third-order valence-electron chi connectivity index (χ3n) is 2.39. The Morgan fingerprint density at radius 1 is 1.00 bits per heavy atom. The van der Waals surface area contributed by atoms with Crippen LogP contribution in [0.2, 0.25) is 0 Å². The number of halogens is 2. The fourth-order valence-corrected chi connectivity index (χ4v) is 2.36.